The van der Waals surface area contributed by atoms with Crippen LogP contribution in [-0.2, 0) is 4.74 Å². The van der Waals surface area contributed by atoms with Gasteiger partial charge in [0.1, 0.15) is 5.56 Å². The first-order chi connectivity index (χ1) is 7.77. The minimum Gasteiger partial charge on any atom is -0.376 e. The number of rotatable bonds is 3. The first kappa shape index (κ1) is 10.9. The Balaban J connectivity index is 1.93. The van der Waals surface area contributed by atoms with Gasteiger partial charge in [0, 0.05) is 31.6 Å². The highest BCUT2D eigenvalue weighted by molar-refractivity contribution is 5.93. The van der Waals surface area contributed by atoms with E-state index >= 15 is 0 Å². The number of hydrogen-bond donors (Lipinski definition) is 2. The predicted molar refractivity (Wildman–Crippen MR) is 58.4 cm³/mol. The SMILES string of the molecule is O=C(NCC1CCCO1)c1c[nH]ccc1=O. The van der Waals surface area contributed by atoms with Gasteiger partial charge in [-0.05, 0) is 12.8 Å². The highest BCUT2D eigenvalue weighted by Gasteiger charge is 2.17. The van der Waals surface area contributed by atoms with Crippen molar-refractivity contribution < 1.29 is 9.53 Å². The van der Waals surface area contributed by atoms with Crippen molar-refractivity contribution in [1.29, 1.82) is 0 Å². The van der Waals surface area contributed by atoms with E-state index < -0.39 is 0 Å². The fraction of sp³-hybridized carbons (Fsp3) is 0.455. The zero-order valence-electron chi connectivity index (χ0n) is 8.86. The van der Waals surface area contributed by atoms with Gasteiger partial charge in [0.2, 0.25) is 0 Å². The monoisotopic (exact) mass is 222 g/mol. The Morgan fingerprint density at radius 1 is 1.62 bits per heavy atom. The van der Waals surface area contributed by atoms with Crippen LogP contribution in [0.5, 0.6) is 0 Å². The standard InChI is InChI=1S/C11H14N2O3/c14-10-3-4-12-7-9(10)11(15)13-6-8-2-1-5-16-8/h3-4,7-8H,1-2,5-6H2,(H,12,14)(H,13,15). The second-order valence-corrected chi connectivity index (χ2v) is 3.77. The van der Waals surface area contributed by atoms with Crippen LogP contribution in [-0.4, -0.2) is 30.1 Å². The van der Waals surface area contributed by atoms with Crippen molar-refractivity contribution in [3.8, 4) is 0 Å². The van der Waals surface area contributed by atoms with E-state index in [0.717, 1.165) is 19.4 Å². The Kier molecular flexibility index (Phi) is 3.36. The third kappa shape index (κ3) is 2.49. The highest BCUT2D eigenvalue weighted by Crippen LogP contribution is 2.10. The average Bonchev–Trinajstić information content (AvgIpc) is 2.79. The van der Waals surface area contributed by atoms with E-state index in [1.165, 1.54) is 18.5 Å². The largest absolute Gasteiger partial charge is 0.376 e. The second kappa shape index (κ2) is 4.94. The molecule has 0 bridgehead atoms. The molecule has 1 aliphatic rings. The van der Waals surface area contributed by atoms with Crippen LogP contribution in [0.1, 0.15) is 23.2 Å². The maximum atomic E-state index is 11.6. The molecule has 0 radical (unpaired) electrons. The molecule has 16 heavy (non-hydrogen) atoms. The molecule has 1 saturated heterocycles. The van der Waals surface area contributed by atoms with Gasteiger partial charge in [-0.25, -0.2) is 0 Å². The number of pyridine rings is 1. The van der Waals surface area contributed by atoms with Crippen LogP contribution in [0, 0.1) is 0 Å². The summed E-state index contributed by atoms with van der Waals surface area (Å²) < 4.78 is 5.37. The molecule has 1 amide bonds. The van der Waals surface area contributed by atoms with E-state index in [2.05, 4.69) is 10.3 Å². The van der Waals surface area contributed by atoms with Crippen molar-refractivity contribution in [2.45, 2.75) is 18.9 Å². The van der Waals surface area contributed by atoms with Crippen molar-refractivity contribution in [3.63, 3.8) is 0 Å². The Labute approximate surface area is 92.8 Å². The van der Waals surface area contributed by atoms with Gasteiger partial charge in [0.15, 0.2) is 5.43 Å². The molecule has 5 heteroatoms. The molecule has 86 valence electrons. The lowest BCUT2D eigenvalue weighted by Gasteiger charge is -2.10. The van der Waals surface area contributed by atoms with Gasteiger partial charge in [0.05, 0.1) is 6.10 Å². The summed E-state index contributed by atoms with van der Waals surface area (Å²) in [7, 11) is 0. The zero-order valence-corrected chi connectivity index (χ0v) is 8.86. The Morgan fingerprint density at radius 2 is 2.50 bits per heavy atom. The summed E-state index contributed by atoms with van der Waals surface area (Å²) in [5.41, 5.74) is -0.135. The maximum absolute atomic E-state index is 11.6. The van der Waals surface area contributed by atoms with Crippen molar-refractivity contribution >= 4 is 5.91 Å². The van der Waals surface area contributed by atoms with Crippen LogP contribution in [0.3, 0.4) is 0 Å². The summed E-state index contributed by atoms with van der Waals surface area (Å²) in [5, 5.41) is 2.70. The summed E-state index contributed by atoms with van der Waals surface area (Å²) >= 11 is 0. The molecule has 2 N–H and O–H groups in total. The molecule has 1 atom stereocenters. The van der Waals surface area contributed by atoms with Gasteiger partial charge in [-0.15, -0.1) is 0 Å². The minimum absolute atomic E-state index is 0.0896. The molecule has 0 saturated carbocycles. The summed E-state index contributed by atoms with van der Waals surface area (Å²) in [5.74, 6) is -0.350. The van der Waals surface area contributed by atoms with Crippen LogP contribution >= 0.6 is 0 Å². The Morgan fingerprint density at radius 3 is 3.19 bits per heavy atom. The number of nitrogens with one attached hydrogen (secondary N) is 2. The fourth-order valence-electron chi connectivity index (χ4n) is 1.70. The molecule has 1 aliphatic heterocycles. The number of hydrogen-bond acceptors (Lipinski definition) is 3. The summed E-state index contributed by atoms with van der Waals surface area (Å²) in [4.78, 5) is 25.7. The predicted octanol–water partition coefficient (Wildman–Crippen LogP) is 0.284. The topological polar surface area (TPSA) is 71.2 Å². The number of carbonyl (C=O) groups is 1. The Bertz CT molecular complexity index is 421. The van der Waals surface area contributed by atoms with Crippen LogP contribution in [0.15, 0.2) is 23.3 Å². The van der Waals surface area contributed by atoms with Gasteiger partial charge < -0.3 is 15.0 Å². The summed E-state index contributed by atoms with van der Waals surface area (Å²) in [6.45, 7) is 1.22. The molecular formula is C11H14N2O3. The summed E-state index contributed by atoms with van der Waals surface area (Å²) in [6.07, 6.45) is 5.00. The molecule has 5 nitrogen and oxygen atoms in total. The molecule has 1 aromatic heterocycles. The third-order valence-corrected chi connectivity index (χ3v) is 2.58. The smallest absolute Gasteiger partial charge is 0.256 e. The molecule has 1 aromatic rings. The lowest BCUT2D eigenvalue weighted by atomic mass is 10.2. The van der Waals surface area contributed by atoms with Crippen molar-refractivity contribution in [1.82, 2.24) is 10.3 Å². The molecule has 2 heterocycles. The normalized spacial score (nSPS) is 19.6. The van der Waals surface area contributed by atoms with Gasteiger partial charge in [-0.3, -0.25) is 9.59 Å². The zero-order chi connectivity index (χ0) is 11.4. The number of aromatic nitrogens is 1. The number of aromatic amines is 1. The molecule has 2 rings (SSSR count). The fourth-order valence-corrected chi connectivity index (χ4v) is 1.70. The molecule has 0 spiro atoms. The van der Waals surface area contributed by atoms with E-state index in [-0.39, 0.29) is 23.0 Å². The summed E-state index contributed by atoms with van der Waals surface area (Å²) in [6, 6.07) is 1.33. The number of carbonyl (C=O) groups excluding carboxylic acids is 1. The van der Waals surface area contributed by atoms with Gasteiger partial charge >= 0.3 is 0 Å². The van der Waals surface area contributed by atoms with Crippen LogP contribution in [0.4, 0.5) is 0 Å². The van der Waals surface area contributed by atoms with E-state index in [4.69, 9.17) is 4.74 Å². The third-order valence-electron chi connectivity index (χ3n) is 2.58. The van der Waals surface area contributed by atoms with Crippen LogP contribution in [0.25, 0.3) is 0 Å². The first-order valence-electron chi connectivity index (χ1n) is 5.34. The average molecular weight is 222 g/mol. The first-order valence-corrected chi connectivity index (χ1v) is 5.34. The molecule has 0 aliphatic carbocycles. The molecular weight excluding hydrogens is 208 g/mol. The van der Waals surface area contributed by atoms with Gasteiger partial charge in [0.25, 0.3) is 5.91 Å². The lowest BCUT2D eigenvalue weighted by molar-refractivity contribution is 0.0856. The van der Waals surface area contributed by atoms with Gasteiger partial charge in [-0.1, -0.05) is 0 Å². The lowest BCUT2D eigenvalue weighted by Crippen LogP contribution is -2.34. The molecule has 1 fully saturated rings. The quantitative estimate of drug-likeness (QED) is 0.771. The number of amides is 1. The van der Waals surface area contributed by atoms with Crippen molar-refractivity contribution in [2.24, 2.45) is 0 Å². The van der Waals surface area contributed by atoms with E-state index in [1.807, 2.05) is 0 Å². The van der Waals surface area contributed by atoms with Crippen molar-refractivity contribution in [3.05, 3.63) is 34.2 Å². The molecule has 1 unspecified atom stereocenters. The highest BCUT2D eigenvalue weighted by atomic mass is 16.5. The van der Waals surface area contributed by atoms with E-state index in [0.29, 0.717) is 6.54 Å². The minimum atomic E-state index is -0.350. The molecule has 0 aromatic carbocycles. The maximum Gasteiger partial charge on any atom is 0.256 e. The van der Waals surface area contributed by atoms with Gasteiger partial charge in [-0.2, -0.15) is 0 Å². The van der Waals surface area contributed by atoms with Crippen LogP contribution in [0.2, 0.25) is 0 Å². The van der Waals surface area contributed by atoms with Crippen molar-refractivity contribution in [2.75, 3.05) is 13.2 Å². The van der Waals surface area contributed by atoms with E-state index in [9.17, 15) is 9.59 Å². The second-order valence-electron chi connectivity index (χ2n) is 3.77. The van der Waals surface area contributed by atoms with E-state index in [1.54, 1.807) is 0 Å². The number of H-pyrrole nitrogens is 1. The Hall–Kier alpha value is -1.62. The van der Waals surface area contributed by atoms with Crippen LogP contribution < -0.4 is 10.7 Å². The number of ether oxygens (including phenoxy) is 1.